The van der Waals surface area contributed by atoms with Crippen LogP contribution < -0.4 is 10.6 Å². The number of benzene rings is 1. The van der Waals surface area contributed by atoms with Crippen LogP contribution in [0, 0.1) is 5.82 Å². The number of halogens is 1. The summed E-state index contributed by atoms with van der Waals surface area (Å²) in [6.45, 7) is 3.23. The van der Waals surface area contributed by atoms with Crippen molar-refractivity contribution in [1.29, 1.82) is 0 Å². The van der Waals surface area contributed by atoms with Gasteiger partial charge in [0.2, 0.25) is 5.95 Å². The van der Waals surface area contributed by atoms with Crippen LogP contribution in [0.4, 0.5) is 10.3 Å². The fraction of sp³-hybridized carbons (Fsp3) is 0.353. The lowest BCUT2D eigenvalue weighted by Gasteiger charge is -2.07. The standard InChI is InChI=1S/C17H21FN4O/c1-2-3-9-19-16(23)14-11-21-17(22-12-14)20-10-8-13-6-4-5-7-15(13)18/h4-7,11-12H,2-3,8-10H2,1H3,(H,19,23)(H,20,21,22). The Kier molecular flexibility index (Phi) is 6.47. The molecule has 0 atom stereocenters. The molecule has 0 aliphatic rings. The summed E-state index contributed by atoms with van der Waals surface area (Å²) < 4.78 is 13.5. The lowest BCUT2D eigenvalue weighted by atomic mass is 10.1. The molecular formula is C17H21FN4O. The average Bonchev–Trinajstić information content (AvgIpc) is 2.57. The summed E-state index contributed by atoms with van der Waals surface area (Å²) in [7, 11) is 0. The molecule has 2 N–H and O–H groups in total. The van der Waals surface area contributed by atoms with Crippen LogP contribution in [-0.2, 0) is 6.42 Å². The Labute approximate surface area is 135 Å². The van der Waals surface area contributed by atoms with Crippen molar-refractivity contribution in [2.75, 3.05) is 18.4 Å². The molecule has 1 heterocycles. The number of nitrogens with zero attached hydrogens (tertiary/aromatic N) is 2. The summed E-state index contributed by atoms with van der Waals surface area (Å²) in [5, 5.41) is 5.83. The lowest BCUT2D eigenvalue weighted by Crippen LogP contribution is -2.24. The van der Waals surface area contributed by atoms with Gasteiger partial charge >= 0.3 is 0 Å². The molecule has 0 saturated heterocycles. The third-order valence-electron chi connectivity index (χ3n) is 3.37. The Hall–Kier alpha value is -2.50. The number of hydrogen-bond acceptors (Lipinski definition) is 4. The van der Waals surface area contributed by atoms with Gasteiger partial charge in [-0.2, -0.15) is 0 Å². The first-order chi connectivity index (χ1) is 11.2. The number of carbonyl (C=O) groups excluding carboxylic acids is 1. The third kappa shape index (κ3) is 5.32. The summed E-state index contributed by atoms with van der Waals surface area (Å²) in [6.07, 6.45) is 5.48. The number of nitrogens with one attached hydrogen (secondary N) is 2. The first-order valence-corrected chi connectivity index (χ1v) is 7.78. The second kappa shape index (κ2) is 8.82. The van der Waals surface area contributed by atoms with Gasteiger partial charge in [-0.1, -0.05) is 31.5 Å². The summed E-state index contributed by atoms with van der Waals surface area (Å²) in [6, 6.07) is 6.67. The second-order valence-electron chi connectivity index (χ2n) is 5.17. The number of hydrogen-bond donors (Lipinski definition) is 2. The molecule has 0 radical (unpaired) electrons. The highest BCUT2D eigenvalue weighted by Crippen LogP contribution is 2.07. The van der Waals surface area contributed by atoms with Crippen LogP contribution in [-0.4, -0.2) is 29.0 Å². The summed E-state index contributed by atoms with van der Waals surface area (Å²) in [4.78, 5) is 20.0. The van der Waals surface area contributed by atoms with Crippen LogP contribution in [0.2, 0.25) is 0 Å². The molecule has 0 bridgehead atoms. The van der Waals surface area contributed by atoms with Crippen LogP contribution in [0.25, 0.3) is 0 Å². The van der Waals surface area contributed by atoms with E-state index in [2.05, 4.69) is 27.5 Å². The fourth-order valence-electron chi connectivity index (χ4n) is 2.03. The van der Waals surface area contributed by atoms with E-state index in [0.29, 0.717) is 36.6 Å². The monoisotopic (exact) mass is 316 g/mol. The highest BCUT2D eigenvalue weighted by Gasteiger charge is 2.06. The van der Waals surface area contributed by atoms with Gasteiger partial charge in [-0.25, -0.2) is 14.4 Å². The van der Waals surface area contributed by atoms with Crippen molar-refractivity contribution in [3.63, 3.8) is 0 Å². The Morgan fingerprint density at radius 2 is 1.91 bits per heavy atom. The molecule has 0 aliphatic carbocycles. The summed E-state index contributed by atoms with van der Waals surface area (Å²) in [5.74, 6) is 0.0390. The van der Waals surface area contributed by atoms with Crippen LogP contribution >= 0.6 is 0 Å². The van der Waals surface area contributed by atoms with Crippen molar-refractivity contribution in [2.45, 2.75) is 26.2 Å². The lowest BCUT2D eigenvalue weighted by molar-refractivity contribution is 0.0952. The van der Waals surface area contributed by atoms with Gasteiger partial charge in [0, 0.05) is 25.5 Å². The Morgan fingerprint density at radius 1 is 1.17 bits per heavy atom. The minimum atomic E-state index is -0.214. The minimum Gasteiger partial charge on any atom is -0.354 e. The Balaban J connectivity index is 1.81. The van der Waals surface area contributed by atoms with E-state index in [0.717, 1.165) is 12.8 Å². The van der Waals surface area contributed by atoms with Gasteiger partial charge in [-0.05, 0) is 24.5 Å². The van der Waals surface area contributed by atoms with Crippen molar-refractivity contribution in [3.8, 4) is 0 Å². The summed E-state index contributed by atoms with van der Waals surface area (Å²) >= 11 is 0. The van der Waals surface area contributed by atoms with Crippen molar-refractivity contribution in [1.82, 2.24) is 15.3 Å². The zero-order valence-corrected chi connectivity index (χ0v) is 13.2. The predicted octanol–water partition coefficient (Wildman–Crippen LogP) is 2.80. The molecule has 0 saturated carbocycles. The molecule has 5 nitrogen and oxygen atoms in total. The van der Waals surface area contributed by atoms with Crippen molar-refractivity contribution < 1.29 is 9.18 Å². The fourth-order valence-corrected chi connectivity index (χ4v) is 2.03. The summed E-state index contributed by atoms with van der Waals surface area (Å²) in [5.41, 5.74) is 1.08. The number of aromatic nitrogens is 2. The molecule has 1 amide bonds. The van der Waals surface area contributed by atoms with E-state index in [1.165, 1.54) is 18.5 Å². The van der Waals surface area contributed by atoms with Crippen LogP contribution in [0.15, 0.2) is 36.7 Å². The highest BCUT2D eigenvalue weighted by molar-refractivity contribution is 5.93. The van der Waals surface area contributed by atoms with Crippen molar-refractivity contribution >= 4 is 11.9 Å². The number of unbranched alkanes of at least 4 members (excludes halogenated alkanes) is 1. The van der Waals surface area contributed by atoms with Gasteiger partial charge in [0.05, 0.1) is 5.56 Å². The molecule has 6 heteroatoms. The predicted molar refractivity (Wildman–Crippen MR) is 87.9 cm³/mol. The van der Waals surface area contributed by atoms with E-state index in [1.54, 1.807) is 18.2 Å². The van der Waals surface area contributed by atoms with Crippen LogP contribution in [0.5, 0.6) is 0 Å². The van der Waals surface area contributed by atoms with E-state index >= 15 is 0 Å². The van der Waals surface area contributed by atoms with Crippen molar-refractivity contribution in [2.24, 2.45) is 0 Å². The molecule has 2 rings (SSSR count). The third-order valence-corrected chi connectivity index (χ3v) is 3.37. The maximum atomic E-state index is 13.5. The molecular weight excluding hydrogens is 295 g/mol. The molecule has 0 aliphatic heterocycles. The molecule has 0 fully saturated rings. The van der Waals surface area contributed by atoms with E-state index in [9.17, 15) is 9.18 Å². The molecule has 1 aromatic carbocycles. The van der Waals surface area contributed by atoms with Crippen molar-refractivity contribution in [3.05, 3.63) is 53.6 Å². The van der Waals surface area contributed by atoms with Gasteiger partial charge in [0.25, 0.3) is 5.91 Å². The van der Waals surface area contributed by atoms with E-state index in [4.69, 9.17) is 0 Å². The smallest absolute Gasteiger partial charge is 0.254 e. The minimum absolute atomic E-state index is 0.170. The van der Waals surface area contributed by atoms with Crippen LogP contribution in [0.1, 0.15) is 35.7 Å². The quantitative estimate of drug-likeness (QED) is 0.735. The normalized spacial score (nSPS) is 10.3. The second-order valence-corrected chi connectivity index (χ2v) is 5.17. The van der Waals surface area contributed by atoms with Gasteiger partial charge < -0.3 is 10.6 Å². The molecule has 1 aromatic heterocycles. The van der Waals surface area contributed by atoms with Gasteiger partial charge in [0.15, 0.2) is 0 Å². The average molecular weight is 316 g/mol. The van der Waals surface area contributed by atoms with Gasteiger partial charge in [-0.15, -0.1) is 0 Å². The largest absolute Gasteiger partial charge is 0.354 e. The molecule has 0 spiro atoms. The molecule has 0 unspecified atom stereocenters. The molecule has 23 heavy (non-hydrogen) atoms. The number of carbonyl (C=O) groups is 1. The molecule has 2 aromatic rings. The zero-order chi connectivity index (χ0) is 16.5. The number of anilines is 1. The van der Waals surface area contributed by atoms with Gasteiger partial charge in [-0.3, -0.25) is 4.79 Å². The van der Waals surface area contributed by atoms with E-state index in [1.807, 2.05) is 0 Å². The highest BCUT2D eigenvalue weighted by atomic mass is 19.1. The maximum Gasteiger partial charge on any atom is 0.254 e. The topological polar surface area (TPSA) is 66.9 Å². The number of amides is 1. The SMILES string of the molecule is CCCCNC(=O)c1cnc(NCCc2ccccc2F)nc1. The van der Waals surface area contributed by atoms with E-state index in [-0.39, 0.29) is 11.7 Å². The first kappa shape index (κ1) is 16.9. The van der Waals surface area contributed by atoms with Gasteiger partial charge in [0.1, 0.15) is 5.82 Å². The Bertz CT molecular complexity index is 631. The van der Waals surface area contributed by atoms with Crippen LogP contribution in [0.3, 0.4) is 0 Å². The number of rotatable bonds is 8. The maximum absolute atomic E-state index is 13.5. The Morgan fingerprint density at radius 3 is 2.61 bits per heavy atom. The first-order valence-electron chi connectivity index (χ1n) is 7.78. The molecule has 122 valence electrons. The van der Waals surface area contributed by atoms with E-state index < -0.39 is 0 Å². The zero-order valence-electron chi connectivity index (χ0n) is 13.2.